The number of halogens is 1. The zero-order valence-corrected chi connectivity index (χ0v) is 25.9. The number of hydrogen-bond acceptors (Lipinski definition) is 10. The summed E-state index contributed by atoms with van der Waals surface area (Å²) in [6, 6.07) is 8.63. The molecule has 0 saturated heterocycles. The van der Waals surface area contributed by atoms with Gasteiger partial charge in [0.15, 0.2) is 21.0 Å². The molecule has 0 saturated carbocycles. The van der Waals surface area contributed by atoms with Crippen LogP contribution in [0.5, 0.6) is 23.3 Å². The average molecular weight is 648 g/mol. The van der Waals surface area contributed by atoms with Crippen LogP contribution < -0.4 is 20.6 Å². The first-order valence-corrected chi connectivity index (χ1v) is 13.6. The first-order chi connectivity index (χ1) is 20.2. The van der Waals surface area contributed by atoms with Crippen LogP contribution in [0.1, 0.15) is 28.2 Å². The lowest BCUT2D eigenvalue weighted by atomic mass is 9.86. The fourth-order valence-electron chi connectivity index (χ4n) is 4.62. The van der Waals surface area contributed by atoms with Gasteiger partial charge in [-0.05, 0) is 59.8 Å². The van der Waals surface area contributed by atoms with Crippen LogP contribution in [0.25, 0.3) is 0 Å². The molecule has 2 N–H and O–H groups in total. The molecule has 16 heteroatoms. The number of rotatable bonds is 8. The monoisotopic (exact) mass is 647 g/mol. The van der Waals surface area contributed by atoms with E-state index < -0.39 is 33.7 Å². The standard InChI is InChI=1S/C27H26ClN5O8S2/c1-29-22(34)19(23(35)30(2)26(29)42)18(20-24(36)31(3)27(43)32(4)25(20)37)14-10-16(28)21(17(11-14)40-5)41-12-13-6-8-15(9-7-13)33(38)39/h6-11,18,34,36H,12H2,1-5H3. The topological polar surface area (TPSA) is 156 Å². The number of hydrogen-bond donors (Lipinski definition) is 2. The van der Waals surface area contributed by atoms with Crippen LogP contribution >= 0.6 is 36.0 Å². The van der Waals surface area contributed by atoms with Crippen LogP contribution in [0.2, 0.25) is 5.02 Å². The lowest BCUT2D eigenvalue weighted by Gasteiger charge is -2.24. The number of nitro benzene ring substituents is 1. The Kier molecular flexibility index (Phi) is 8.80. The third-order valence-corrected chi connectivity index (χ3v) is 8.40. The molecule has 226 valence electrons. The zero-order chi connectivity index (χ0) is 31.9. The molecule has 43 heavy (non-hydrogen) atoms. The van der Waals surface area contributed by atoms with E-state index in [0.717, 1.165) is 9.13 Å². The Morgan fingerprint density at radius 1 is 0.907 bits per heavy atom. The van der Waals surface area contributed by atoms with Crippen molar-refractivity contribution in [2.24, 2.45) is 28.2 Å². The van der Waals surface area contributed by atoms with E-state index in [1.807, 2.05) is 0 Å². The van der Waals surface area contributed by atoms with Crippen molar-refractivity contribution in [3.05, 3.63) is 104 Å². The largest absolute Gasteiger partial charge is 0.494 e. The summed E-state index contributed by atoms with van der Waals surface area (Å²) in [6.45, 7) is -0.0221. The number of methoxy groups -OCH3 is 1. The highest BCUT2D eigenvalue weighted by atomic mass is 35.5. The highest BCUT2D eigenvalue weighted by Crippen LogP contribution is 2.43. The minimum atomic E-state index is -1.38. The zero-order valence-electron chi connectivity index (χ0n) is 23.5. The van der Waals surface area contributed by atoms with Gasteiger partial charge in [0.2, 0.25) is 11.8 Å². The predicted molar refractivity (Wildman–Crippen MR) is 163 cm³/mol. The number of benzene rings is 2. The van der Waals surface area contributed by atoms with Crippen molar-refractivity contribution in [3.8, 4) is 23.3 Å². The van der Waals surface area contributed by atoms with E-state index in [0.29, 0.717) is 5.56 Å². The first kappa shape index (κ1) is 31.5. The molecule has 2 heterocycles. The molecule has 0 unspecified atom stereocenters. The number of aromatic hydroxyl groups is 2. The van der Waals surface area contributed by atoms with Gasteiger partial charge in [-0.25, -0.2) is 0 Å². The second-order valence-electron chi connectivity index (χ2n) is 9.57. The molecule has 0 aliphatic carbocycles. The quantitative estimate of drug-likeness (QED) is 0.163. The van der Waals surface area contributed by atoms with E-state index in [1.165, 1.54) is 80.8 Å². The van der Waals surface area contributed by atoms with Crippen molar-refractivity contribution in [3.63, 3.8) is 0 Å². The molecule has 0 spiro atoms. The van der Waals surface area contributed by atoms with Gasteiger partial charge in [0, 0.05) is 40.3 Å². The lowest BCUT2D eigenvalue weighted by Crippen LogP contribution is -2.33. The van der Waals surface area contributed by atoms with Gasteiger partial charge in [-0.2, -0.15) is 0 Å². The maximum atomic E-state index is 13.6. The normalized spacial score (nSPS) is 11.1. The maximum Gasteiger partial charge on any atom is 0.269 e. The van der Waals surface area contributed by atoms with Crippen molar-refractivity contribution < 1.29 is 24.6 Å². The average Bonchev–Trinajstić information content (AvgIpc) is 2.99. The van der Waals surface area contributed by atoms with Crippen molar-refractivity contribution in [1.29, 1.82) is 0 Å². The highest BCUT2D eigenvalue weighted by Gasteiger charge is 2.33. The van der Waals surface area contributed by atoms with Gasteiger partial charge < -0.3 is 19.7 Å². The van der Waals surface area contributed by atoms with Crippen molar-refractivity contribution in [2.45, 2.75) is 12.5 Å². The van der Waals surface area contributed by atoms with E-state index in [2.05, 4.69) is 0 Å². The van der Waals surface area contributed by atoms with Crippen molar-refractivity contribution in [1.82, 2.24) is 18.3 Å². The molecule has 0 aliphatic rings. The van der Waals surface area contributed by atoms with Crippen LogP contribution in [-0.2, 0) is 34.8 Å². The van der Waals surface area contributed by atoms with Gasteiger partial charge in [-0.1, -0.05) is 11.6 Å². The molecule has 0 atom stereocenters. The maximum absolute atomic E-state index is 13.6. The minimum absolute atomic E-state index is 0.0131. The molecule has 2 aromatic heterocycles. The van der Waals surface area contributed by atoms with E-state index >= 15 is 0 Å². The molecular formula is C27H26ClN5O8S2. The first-order valence-electron chi connectivity index (χ1n) is 12.4. The number of nitrogens with zero attached hydrogens (tertiary/aromatic N) is 5. The van der Waals surface area contributed by atoms with Gasteiger partial charge in [-0.15, -0.1) is 0 Å². The number of aromatic nitrogens is 4. The third kappa shape index (κ3) is 5.53. The number of non-ortho nitro benzene ring substituents is 1. The fraction of sp³-hybridized carbons (Fsp3) is 0.259. The summed E-state index contributed by atoms with van der Waals surface area (Å²) in [5, 5.41) is 33.4. The third-order valence-electron chi connectivity index (χ3n) is 7.03. The van der Waals surface area contributed by atoms with Gasteiger partial charge in [0.05, 0.1) is 34.1 Å². The van der Waals surface area contributed by atoms with Crippen LogP contribution in [0.15, 0.2) is 46.0 Å². The van der Waals surface area contributed by atoms with E-state index in [-0.39, 0.29) is 55.0 Å². The Hall–Kier alpha value is -4.47. The summed E-state index contributed by atoms with van der Waals surface area (Å²) in [4.78, 5) is 37.7. The Morgan fingerprint density at radius 2 is 1.40 bits per heavy atom. The molecular weight excluding hydrogens is 622 g/mol. The van der Waals surface area contributed by atoms with Crippen LogP contribution in [0.3, 0.4) is 0 Å². The summed E-state index contributed by atoms with van der Waals surface area (Å²) in [5.74, 6) is -2.22. The molecule has 13 nitrogen and oxygen atoms in total. The molecule has 4 aromatic rings. The SMILES string of the molecule is COc1cc(C(c2c(O)n(C)c(=S)n(C)c2=O)c2c(O)n(C)c(=S)n(C)c2=O)cc(Cl)c1OCc1ccc([N+](=O)[O-])cc1. The van der Waals surface area contributed by atoms with Crippen molar-refractivity contribution in [2.75, 3.05) is 7.11 Å². The smallest absolute Gasteiger partial charge is 0.269 e. The fourth-order valence-corrected chi connectivity index (χ4v) is 5.23. The van der Waals surface area contributed by atoms with Crippen LogP contribution in [0.4, 0.5) is 5.69 Å². The Balaban J connectivity index is 1.97. The Morgan fingerprint density at radius 3 is 1.84 bits per heavy atom. The molecule has 0 radical (unpaired) electrons. The van der Waals surface area contributed by atoms with E-state index in [9.17, 15) is 29.9 Å². The molecule has 0 aliphatic heterocycles. The van der Waals surface area contributed by atoms with Gasteiger partial charge in [0.25, 0.3) is 16.8 Å². The van der Waals surface area contributed by atoms with Gasteiger partial charge in [-0.3, -0.25) is 38.0 Å². The van der Waals surface area contributed by atoms with Crippen LogP contribution in [-0.4, -0.2) is 40.5 Å². The molecule has 0 bridgehead atoms. The minimum Gasteiger partial charge on any atom is -0.494 e. The second-order valence-corrected chi connectivity index (χ2v) is 10.7. The van der Waals surface area contributed by atoms with E-state index in [4.69, 9.17) is 45.5 Å². The molecule has 4 rings (SSSR count). The van der Waals surface area contributed by atoms with Gasteiger partial charge >= 0.3 is 0 Å². The Bertz CT molecular complexity index is 1930. The van der Waals surface area contributed by atoms with Crippen LogP contribution in [0, 0.1) is 19.7 Å². The summed E-state index contributed by atoms with van der Waals surface area (Å²) >= 11 is 17.2. The predicted octanol–water partition coefficient (Wildman–Crippen LogP) is 3.96. The summed E-state index contributed by atoms with van der Waals surface area (Å²) in [6.07, 6.45) is 0. The number of nitro groups is 1. The lowest BCUT2D eigenvalue weighted by molar-refractivity contribution is -0.384. The van der Waals surface area contributed by atoms with Crippen molar-refractivity contribution >= 4 is 41.7 Å². The highest BCUT2D eigenvalue weighted by molar-refractivity contribution is 7.71. The molecule has 2 aromatic carbocycles. The molecule has 0 fully saturated rings. The molecule has 0 amide bonds. The van der Waals surface area contributed by atoms with Gasteiger partial charge in [0.1, 0.15) is 6.61 Å². The summed E-state index contributed by atoms with van der Waals surface area (Å²) in [7, 11) is 7.08. The second kappa shape index (κ2) is 12.0. The van der Waals surface area contributed by atoms with E-state index in [1.54, 1.807) is 0 Å². The number of ether oxygens (including phenoxy) is 2. The summed E-state index contributed by atoms with van der Waals surface area (Å²) in [5.41, 5.74) is -1.23. The summed E-state index contributed by atoms with van der Waals surface area (Å²) < 4.78 is 16.1. The Labute approximate surface area is 259 Å².